The molecule has 54 valence electrons. The van der Waals surface area contributed by atoms with Crippen molar-refractivity contribution in [1.29, 1.82) is 0 Å². The molecule has 0 aliphatic heterocycles. The molecule has 0 radical (unpaired) electrons. The fourth-order valence-corrected chi connectivity index (χ4v) is 0.373. The normalized spacial score (nSPS) is 13.1. The highest BCUT2D eigenvalue weighted by atomic mass is 16.3. The van der Waals surface area contributed by atoms with Gasteiger partial charge in [0.2, 0.25) is 0 Å². The minimum absolute atomic E-state index is 0.219. The van der Waals surface area contributed by atoms with Crippen LogP contribution in [0.2, 0.25) is 0 Å². The summed E-state index contributed by atoms with van der Waals surface area (Å²) < 4.78 is 0. The van der Waals surface area contributed by atoms with Gasteiger partial charge in [-0.05, 0) is 0 Å². The van der Waals surface area contributed by atoms with Gasteiger partial charge in [0.25, 0.3) is 0 Å². The number of aliphatic hydroxyl groups is 2. The van der Waals surface area contributed by atoms with E-state index in [4.69, 9.17) is 10.2 Å². The van der Waals surface area contributed by atoms with Crippen LogP contribution < -0.4 is 5.32 Å². The van der Waals surface area contributed by atoms with E-state index in [9.17, 15) is 4.79 Å². The first-order valence-electron chi connectivity index (χ1n) is 2.74. The lowest BCUT2D eigenvalue weighted by Crippen LogP contribution is -2.30. The molecule has 0 spiro atoms. The van der Waals surface area contributed by atoms with Crippen molar-refractivity contribution in [2.45, 2.75) is 6.10 Å². The Balaban J connectivity index is 2.96. The number of carbonyl (C=O) groups excluding carboxylic acids is 1. The number of hydrogen-bond acceptors (Lipinski definition) is 4. The topological polar surface area (TPSA) is 69.6 Å². The van der Waals surface area contributed by atoms with E-state index < -0.39 is 6.10 Å². The third-order valence-corrected chi connectivity index (χ3v) is 0.818. The summed E-state index contributed by atoms with van der Waals surface area (Å²) in [5.74, 6) is 0. The molecular formula is C5H11NO3. The average Bonchev–Trinajstić information content (AvgIpc) is 1.89. The maximum atomic E-state index is 9.67. The SMILES string of the molecule is O=CCNCC(O)CO. The molecule has 0 rings (SSSR count). The van der Waals surface area contributed by atoms with Crippen LogP contribution in [0.3, 0.4) is 0 Å². The molecule has 3 N–H and O–H groups in total. The molecule has 0 saturated heterocycles. The Hall–Kier alpha value is -0.450. The van der Waals surface area contributed by atoms with E-state index >= 15 is 0 Å². The zero-order valence-corrected chi connectivity index (χ0v) is 5.08. The van der Waals surface area contributed by atoms with E-state index in [2.05, 4.69) is 5.32 Å². The van der Waals surface area contributed by atoms with Gasteiger partial charge in [0.05, 0.1) is 19.3 Å². The Labute approximate surface area is 53.5 Å². The molecule has 0 heterocycles. The molecule has 0 aromatic carbocycles. The lowest BCUT2D eigenvalue weighted by molar-refractivity contribution is -0.107. The second-order valence-corrected chi connectivity index (χ2v) is 1.66. The lowest BCUT2D eigenvalue weighted by Gasteiger charge is -2.04. The number of hydrogen-bond donors (Lipinski definition) is 3. The highest BCUT2D eigenvalue weighted by Gasteiger charge is 1.97. The maximum Gasteiger partial charge on any atom is 0.133 e. The summed E-state index contributed by atoms with van der Waals surface area (Å²) in [6.45, 7) is 0.207. The fourth-order valence-electron chi connectivity index (χ4n) is 0.373. The van der Waals surface area contributed by atoms with Crippen LogP contribution in [0, 0.1) is 0 Å². The Morgan fingerprint density at radius 2 is 2.33 bits per heavy atom. The summed E-state index contributed by atoms with van der Waals surface area (Å²) in [5, 5.41) is 19.5. The van der Waals surface area contributed by atoms with E-state index in [0.29, 0.717) is 6.29 Å². The van der Waals surface area contributed by atoms with Gasteiger partial charge in [0.15, 0.2) is 0 Å². The standard InChI is InChI=1S/C5H11NO3/c7-2-1-6-3-5(9)4-8/h2,5-6,8-9H,1,3-4H2. The molecule has 0 bridgehead atoms. The Bertz CT molecular complexity index is 76.6. The van der Waals surface area contributed by atoms with Crippen LogP contribution in [0.5, 0.6) is 0 Å². The van der Waals surface area contributed by atoms with Crippen LogP contribution in [0.25, 0.3) is 0 Å². The predicted octanol–water partition coefficient (Wildman–Crippen LogP) is -1.87. The molecule has 1 unspecified atom stereocenters. The van der Waals surface area contributed by atoms with E-state index in [-0.39, 0.29) is 19.7 Å². The number of carbonyl (C=O) groups is 1. The van der Waals surface area contributed by atoms with Crippen molar-refractivity contribution >= 4 is 6.29 Å². The molecule has 4 heteroatoms. The first-order chi connectivity index (χ1) is 4.31. The summed E-state index contributed by atoms with van der Waals surface area (Å²) in [6, 6.07) is 0. The molecule has 0 aromatic rings. The lowest BCUT2D eigenvalue weighted by atomic mass is 10.4. The monoisotopic (exact) mass is 133 g/mol. The number of rotatable bonds is 5. The van der Waals surface area contributed by atoms with Gasteiger partial charge in [0, 0.05) is 6.54 Å². The van der Waals surface area contributed by atoms with Crippen molar-refractivity contribution in [1.82, 2.24) is 5.32 Å². The Morgan fingerprint density at radius 3 is 2.78 bits per heavy atom. The summed E-state index contributed by atoms with van der Waals surface area (Å²) in [5.41, 5.74) is 0. The van der Waals surface area contributed by atoms with E-state index in [0.717, 1.165) is 0 Å². The van der Waals surface area contributed by atoms with E-state index in [1.54, 1.807) is 0 Å². The van der Waals surface area contributed by atoms with Crippen molar-refractivity contribution in [3.8, 4) is 0 Å². The minimum Gasteiger partial charge on any atom is -0.394 e. The van der Waals surface area contributed by atoms with Crippen molar-refractivity contribution in [3.05, 3.63) is 0 Å². The maximum absolute atomic E-state index is 9.67. The second kappa shape index (κ2) is 5.68. The first-order valence-corrected chi connectivity index (χ1v) is 2.74. The van der Waals surface area contributed by atoms with Crippen molar-refractivity contribution in [3.63, 3.8) is 0 Å². The summed E-state index contributed by atoms with van der Waals surface area (Å²) in [4.78, 5) is 9.67. The van der Waals surface area contributed by atoms with Gasteiger partial charge < -0.3 is 20.3 Å². The summed E-state index contributed by atoms with van der Waals surface area (Å²) in [6.07, 6.45) is -0.0608. The van der Waals surface area contributed by atoms with E-state index in [1.807, 2.05) is 0 Å². The van der Waals surface area contributed by atoms with Crippen LogP contribution in [-0.4, -0.2) is 42.3 Å². The largest absolute Gasteiger partial charge is 0.394 e. The number of nitrogens with one attached hydrogen (secondary N) is 1. The van der Waals surface area contributed by atoms with Gasteiger partial charge in [-0.15, -0.1) is 0 Å². The quantitative estimate of drug-likeness (QED) is 0.303. The van der Waals surface area contributed by atoms with Gasteiger partial charge >= 0.3 is 0 Å². The molecule has 1 atom stereocenters. The van der Waals surface area contributed by atoms with Gasteiger partial charge in [0.1, 0.15) is 6.29 Å². The highest BCUT2D eigenvalue weighted by Crippen LogP contribution is 1.73. The molecular weight excluding hydrogens is 122 g/mol. The summed E-state index contributed by atoms with van der Waals surface area (Å²) >= 11 is 0. The molecule has 0 saturated carbocycles. The highest BCUT2D eigenvalue weighted by molar-refractivity contribution is 5.51. The first kappa shape index (κ1) is 8.55. The Kier molecular flexibility index (Phi) is 5.40. The molecule has 0 aromatic heterocycles. The smallest absolute Gasteiger partial charge is 0.133 e. The predicted molar refractivity (Wildman–Crippen MR) is 32.0 cm³/mol. The van der Waals surface area contributed by atoms with Crippen LogP contribution >= 0.6 is 0 Å². The van der Waals surface area contributed by atoms with Crippen molar-refractivity contribution < 1.29 is 15.0 Å². The van der Waals surface area contributed by atoms with Crippen LogP contribution in [-0.2, 0) is 4.79 Å². The van der Waals surface area contributed by atoms with Crippen LogP contribution in [0.15, 0.2) is 0 Å². The zero-order valence-electron chi connectivity index (χ0n) is 5.08. The van der Waals surface area contributed by atoms with Crippen molar-refractivity contribution in [2.75, 3.05) is 19.7 Å². The van der Waals surface area contributed by atoms with Crippen LogP contribution in [0.1, 0.15) is 0 Å². The molecule has 0 aliphatic carbocycles. The van der Waals surface area contributed by atoms with Gasteiger partial charge in [-0.25, -0.2) is 0 Å². The van der Waals surface area contributed by atoms with Crippen molar-refractivity contribution in [2.24, 2.45) is 0 Å². The van der Waals surface area contributed by atoms with Gasteiger partial charge in [-0.3, -0.25) is 0 Å². The molecule has 0 amide bonds. The molecule has 0 fully saturated rings. The minimum atomic E-state index is -0.759. The molecule has 9 heavy (non-hydrogen) atoms. The molecule has 4 nitrogen and oxygen atoms in total. The fraction of sp³-hybridized carbons (Fsp3) is 0.800. The van der Waals surface area contributed by atoms with E-state index in [1.165, 1.54) is 0 Å². The molecule has 0 aliphatic rings. The van der Waals surface area contributed by atoms with Gasteiger partial charge in [-0.1, -0.05) is 0 Å². The second-order valence-electron chi connectivity index (χ2n) is 1.66. The number of aldehydes is 1. The average molecular weight is 133 g/mol. The summed E-state index contributed by atoms with van der Waals surface area (Å²) in [7, 11) is 0. The van der Waals surface area contributed by atoms with Crippen LogP contribution in [0.4, 0.5) is 0 Å². The third kappa shape index (κ3) is 5.42. The Morgan fingerprint density at radius 1 is 1.67 bits per heavy atom. The third-order valence-electron chi connectivity index (χ3n) is 0.818. The number of aliphatic hydroxyl groups excluding tert-OH is 2. The van der Waals surface area contributed by atoms with Gasteiger partial charge in [-0.2, -0.15) is 0 Å². The zero-order chi connectivity index (χ0) is 7.11.